The van der Waals surface area contributed by atoms with Crippen LogP contribution in [-0.2, 0) is 42.3 Å². The van der Waals surface area contributed by atoms with Gasteiger partial charge in [-0.1, -0.05) is 54.9 Å². The van der Waals surface area contributed by atoms with Gasteiger partial charge in [-0.2, -0.15) is 0 Å². The van der Waals surface area contributed by atoms with Crippen molar-refractivity contribution in [1.82, 2.24) is 5.32 Å². The zero-order chi connectivity index (χ0) is 17.3. The van der Waals surface area contributed by atoms with Gasteiger partial charge < -0.3 is 24.0 Å². The van der Waals surface area contributed by atoms with Crippen molar-refractivity contribution < 1.29 is 42.3 Å². The van der Waals surface area contributed by atoms with Crippen molar-refractivity contribution in [3.63, 3.8) is 0 Å². The van der Waals surface area contributed by atoms with Crippen molar-refractivity contribution in [3.05, 3.63) is 13.8 Å². The van der Waals surface area contributed by atoms with Crippen molar-refractivity contribution in [1.29, 1.82) is 0 Å². The van der Waals surface area contributed by atoms with Gasteiger partial charge in [0, 0.05) is 44.5 Å². The molecule has 0 aromatic carbocycles. The number of hydrogen-bond donors (Lipinski definition) is 1. The second-order valence-electron chi connectivity index (χ2n) is 7.68. The summed E-state index contributed by atoms with van der Waals surface area (Å²) >= 11 is 0. The van der Waals surface area contributed by atoms with Gasteiger partial charge in [0.1, 0.15) is 5.78 Å². The quantitative estimate of drug-likeness (QED) is 0.719. The first kappa shape index (κ1) is 27.1. The number of rotatable bonds is 5. The summed E-state index contributed by atoms with van der Waals surface area (Å²) in [6, 6.07) is 0. The van der Waals surface area contributed by atoms with Crippen LogP contribution in [0.15, 0.2) is 0 Å². The number of carbonyl (C=O) groups is 2. The molecule has 1 amide bonds. The zero-order valence-electron chi connectivity index (χ0n) is 15.7. The molecule has 0 spiro atoms. The molecule has 0 aromatic rings. The Bertz CT molecular complexity index is 306. The summed E-state index contributed by atoms with van der Waals surface area (Å²) in [7, 11) is 0. The van der Waals surface area contributed by atoms with Crippen molar-refractivity contribution in [2.45, 2.75) is 67.7 Å². The van der Waals surface area contributed by atoms with Gasteiger partial charge in [0.25, 0.3) is 0 Å². The van der Waals surface area contributed by atoms with Crippen molar-refractivity contribution in [2.24, 2.45) is 16.7 Å². The molecule has 0 aliphatic carbocycles. The maximum atomic E-state index is 11.8. The minimum absolute atomic E-state index is 0. The summed E-state index contributed by atoms with van der Waals surface area (Å²) in [5.41, 5.74) is -0.0645. The molecule has 0 heterocycles. The number of amides is 1. The molecule has 0 rings (SSSR count). The van der Waals surface area contributed by atoms with E-state index in [1.54, 1.807) is 0 Å². The molecule has 0 saturated heterocycles. The first-order valence-electron chi connectivity index (χ1n) is 7.78. The summed E-state index contributed by atoms with van der Waals surface area (Å²) in [6.07, 6.45) is 2.39. The fourth-order valence-electron chi connectivity index (χ4n) is 1.90. The Balaban J connectivity index is -0.000000348. The van der Waals surface area contributed by atoms with Crippen molar-refractivity contribution in [3.8, 4) is 0 Å². The summed E-state index contributed by atoms with van der Waals surface area (Å²) in [5, 5.41) is 2.60. The summed E-state index contributed by atoms with van der Waals surface area (Å²) in [4.78, 5) is 22.3. The molecule has 0 fully saturated rings. The average Bonchev–Trinajstić information content (AvgIpc) is 2.26. The summed E-state index contributed by atoms with van der Waals surface area (Å²) in [6.45, 7) is 22.2. The van der Waals surface area contributed by atoms with E-state index in [1.807, 2.05) is 27.7 Å². The van der Waals surface area contributed by atoms with Gasteiger partial charge in [-0.25, -0.2) is 0 Å². The Labute approximate surface area is 163 Å². The molecule has 4 heteroatoms. The van der Waals surface area contributed by atoms with Crippen LogP contribution >= 0.6 is 0 Å². The summed E-state index contributed by atoms with van der Waals surface area (Å²) < 4.78 is 0. The molecule has 0 aromatic heterocycles. The largest absolute Gasteiger partial charge is 0.386 e. The Morgan fingerprint density at radius 2 is 1.55 bits per heavy atom. The van der Waals surface area contributed by atoms with Crippen LogP contribution in [0, 0.1) is 30.6 Å². The van der Waals surface area contributed by atoms with Crippen LogP contribution in [0.25, 0.3) is 0 Å². The van der Waals surface area contributed by atoms with E-state index >= 15 is 0 Å². The molecule has 0 saturated carbocycles. The monoisotopic (exact) mass is 386 g/mol. The number of hydrogen-bond acceptors (Lipinski definition) is 2. The van der Waals surface area contributed by atoms with Crippen LogP contribution in [-0.4, -0.2) is 18.2 Å². The molecular weight excluding hydrogens is 351 g/mol. The van der Waals surface area contributed by atoms with E-state index in [-0.39, 0.29) is 61.1 Å². The van der Waals surface area contributed by atoms with Gasteiger partial charge in [0.2, 0.25) is 5.91 Å². The van der Waals surface area contributed by atoms with E-state index in [4.69, 9.17) is 0 Å². The second-order valence-corrected chi connectivity index (χ2v) is 7.68. The van der Waals surface area contributed by atoms with Gasteiger partial charge in [0.05, 0.1) is 0 Å². The van der Waals surface area contributed by atoms with Gasteiger partial charge in [0.15, 0.2) is 0 Å². The van der Waals surface area contributed by atoms with E-state index in [2.05, 4.69) is 39.9 Å². The van der Waals surface area contributed by atoms with Crippen LogP contribution < -0.4 is 5.32 Å². The number of Topliss-reactive ketones (excluding diaryl/α,β-unsaturated/α-hetero) is 1. The molecular formula is C18H35NO2Y-2. The van der Waals surface area contributed by atoms with Gasteiger partial charge in [-0.3, -0.25) is 4.79 Å². The van der Waals surface area contributed by atoms with E-state index in [1.165, 1.54) is 0 Å². The number of ketones is 1. The molecule has 0 aliphatic rings. The fourth-order valence-corrected chi connectivity index (χ4v) is 1.90. The van der Waals surface area contributed by atoms with E-state index < -0.39 is 0 Å². The van der Waals surface area contributed by atoms with Crippen molar-refractivity contribution >= 4 is 11.7 Å². The zero-order valence-corrected chi connectivity index (χ0v) is 18.6. The maximum Gasteiger partial charge on any atom is 0.217 e. The molecule has 1 radical (unpaired) electrons. The minimum atomic E-state index is -0.252. The van der Waals surface area contributed by atoms with Crippen LogP contribution in [0.5, 0.6) is 0 Å². The third kappa shape index (κ3) is 16.6. The molecule has 0 aliphatic heterocycles. The van der Waals surface area contributed by atoms with Gasteiger partial charge in [-0.05, 0) is 11.8 Å². The molecule has 1 unspecified atom stereocenters. The van der Waals surface area contributed by atoms with Crippen LogP contribution in [0.3, 0.4) is 0 Å². The van der Waals surface area contributed by atoms with Crippen LogP contribution in [0.1, 0.15) is 67.7 Å². The molecule has 1 atom stereocenters. The smallest absolute Gasteiger partial charge is 0.217 e. The molecule has 22 heavy (non-hydrogen) atoms. The Morgan fingerprint density at radius 1 is 1.09 bits per heavy atom. The first-order chi connectivity index (χ1) is 9.35. The third-order valence-electron chi connectivity index (χ3n) is 2.77. The second kappa shape index (κ2) is 12.6. The SMILES string of the molecule is [CH2-]C(CC(C)(C)C)C(=O)C(C)(C)C.[CH2-]CNC(=O)CCC.[Y]. The van der Waals surface area contributed by atoms with E-state index in [0.29, 0.717) is 13.0 Å². The van der Waals surface area contributed by atoms with Crippen LogP contribution in [0.4, 0.5) is 0 Å². The Morgan fingerprint density at radius 3 is 1.82 bits per heavy atom. The van der Waals surface area contributed by atoms with E-state index in [0.717, 1.165) is 12.8 Å². The minimum Gasteiger partial charge on any atom is -0.386 e. The predicted octanol–water partition coefficient (Wildman–Crippen LogP) is 4.22. The Kier molecular flexibility index (Phi) is 15.6. The first-order valence-corrected chi connectivity index (χ1v) is 7.78. The maximum absolute atomic E-state index is 11.8. The number of carbonyl (C=O) groups excluding carboxylic acids is 2. The molecule has 129 valence electrons. The molecule has 0 bridgehead atoms. The van der Waals surface area contributed by atoms with Gasteiger partial charge >= 0.3 is 0 Å². The van der Waals surface area contributed by atoms with Gasteiger partial charge in [-0.15, -0.1) is 12.5 Å². The van der Waals surface area contributed by atoms with Crippen molar-refractivity contribution in [2.75, 3.05) is 6.54 Å². The summed E-state index contributed by atoms with van der Waals surface area (Å²) in [5.74, 6) is 0.296. The fraction of sp³-hybridized carbons (Fsp3) is 0.778. The Hall–Kier alpha value is 0.244. The predicted molar refractivity (Wildman–Crippen MR) is 90.7 cm³/mol. The third-order valence-corrected chi connectivity index (χ3v) is 2.77. The molecule has 1 N–H and O–H groups in total. The topological polar surface area (TPSA) is 46.2 Å². The normalized spacial score (nSPS) is 12.4. The van der Waals surface area contributed by atoms with E-state index in [9.17, 15) is 9.59 Å². The number of nitrogens with one attached hydrogen (secondary N) is 1. The van der Waals surface area contributed by atoms with Crippen LogP contribution in [0.2, 0.25) is 0 Å². The average molecular weight is 386 g/mol. The molecule has 3 nitrogen and oxygen atoms in total. The standard InChI is InChI=1S/C12H23O.C6H12NO.Y/c1-9(8-11(2,3)4)10(13)12(5,6)7;1-3-5-6(8)7-4-2;/h9H,1,8H2,2-7H3;2-5H2,1H3,(H,7,8);/q2*-1;.